The standard InChI is InChI=1S/C9H7Cl2F2NO2/c10-2-5-4(1-7(15)16)8(11)14-3-6(5)9(12)13/h3,9H,1-2H2,(H,15,16). The van der Waals surface area contributed by atoms with E-state index in [1.807, 2.05) is 0 Å². The molecule has 0 aromatic carbocycles. The number of pyridine rings is 1. The molecule has 1 N–H and O–H groups in total. The van der Waals surface area contributed by atoms with Crippen molar-refractivity contribution in [2.75, 3.05) is 0 Å². The number of carbonyl (C=O) groups is 1. The molecule has 16 heavy (non-hydrogen) atoms. The van der Waals surface area contributed by atoms with E-state index in [2.05, 4.69) is 4.98 Å². The first-order chi connectivity index (χ1) is 7.47. The number of nitrogens with zero attached hydrogens (tertiary/aromatic N) is 1. The summed E-state index contributed by atoms with van der Waals surface area (Å²) in [5.41, 5.74) is -0.295. The van der Waals surface area contributed by atoms with Crippen molar-refractivity contribution in [1.82, 2.24) is 4.98 Å². The van der Waals surface area contributed by atoms with Crippen LogP contribution in [-0.2, 0) is 17.1 Å². The third-order valence-corrected chi connectivity index (χ3v) is 2.57. The Labute approximate surface area is 100 Å². The minimum absolute atomic E-state index is 0.0408. The van der Waals surface area contributed by atoms with Crippen molar-refractivity contribution in [3.8, 4) is 0 Å². The molecule has 0 fully saturated rings. The maximum Gasteiger partial charge on any atom is 0.307 e. The predicted octanol–water partition coefficient (Wildman–Crippen LogP) is 3.04. The van der Waals surface area contributed by atoms with Crippen molar-refractivity contribution >= 4 is 29.2 Å². The second-order valence-corrected chi connectivity index (χ2v) is 3.59. The summed E-state index contributed by atoms with van der Waals surface area (Å²) in [6, 6.07) is 0. The van der Waals surface area contributed by atoms with Gasteiger partial charge in [-0.2, -0.15) is 0 Å². The first kappa shape index (κ1) is 13.1. The fourth-order valence-corrected chi connectivity index (χ4v) is 1.80. The Morgan fingerprint density at radius 1 is 1.50 bits per heavy atom. The van der Waals surface area contributed by atoms with Gasteiger partial charge < -0.3 is 5.11 Å². The minimum atomic E-state index is -2.76. The quantitative estimate of drug-likeness (QED) is 0.675. The van der Waals surface area contributed by atoms with Gasteiger partial charge in [-0.1, -0.05) is 11.6 Å². The van der Waals surface area contributed by atoms with Gasteiger partial charge in [-0.05, 0) is 5.56 Å². The van der Waals surface area contributed by atoms with Gasteiger partial charge in [0.05, 0.1) is 6.42 Å². The number of carboxylic acid groups (broad SMARTS) is 1. The van der Waals surface area contributed by atoms with Crippen LogP contribution in [0.4, 0.5) is 8.78 Å². The van der Waals surface area contributed by atoms with E-state index in [0.29, 0.717) is 0 Å². The third-order valence-electron chi connectivity index (χ3n) is 1.98. The van der Waals surface area contributed by atoms with Gasteiger partial charge in [0, 0.05) is 23.2 Å². The van der Waals surface area contributed by atoms with Crippen LogP contribution in [0.3, 0.4) is 0 Å². The molecule has 0 saturated heterocycles. The first-order valence-electron chi connectivity index (χ1n) is 4.19. The highest BCUT2D eigenvalue weighted by atomic mass is 35.5. The van der Waals surface area contributed by atoms with E-state index >= 15 is 0 Å². The number of rotatable bonds is 4. The van der Waals surface area contributed by atoms with E-state index in [1.165, 1.54) is 0 Å². The Balaban J connectivity index is 3.32. The maximum absolute atomic E-state index is 12.6. The highest BCUT2D eigenvalue weighted by Gasteiger charge is 2.20. The van der Waals surface area contributed by atoms with Crippen molar-refractivity contribution in [3.05, 3.63) is 28.0 Å². The summed E-state index contributed by atoms with van der Waals surface area (Å²) in [6.45, 7) is 0. The molecule has 0 radical (unpaired) electrons. The first-order valence-corrected chi connectivity index (χ1v) is 5.10. The van der Waals surface area contributed by atoms with Gasteiger partial charge in [0.25, 0.3) is 6.43 Å². The number of halogens is 4. The lowest BCUT2D eigenvalue weighted by Crippen LogP contribution is -2.08. The maximum atomic E-state index is 12.6. The monoisotopic (exact) mass is 269 g/mol. The van der Waals surface area contributed by atoms with Crippen LogP contribution < -0.4 is 0 Å². The van der Waals surface area contributed by atoms with Gasteiger partial charge in [0.2, 0.25) is 0 Å². The summed E-state index contributed by atoms with van der Waals surface area (Å²) in [4.78, 5) is 14.1. The zero-order valence-electron chi connectivity index (χ0n) is 7.88. The van der Waals surface area contributed by atoms with E-state index < -0.39 is 18.8 Å². The summed E-state index contributed by atoms with van der Waals surface area (Å²) in [6.07, 6.45) is -2.32. The second kappa shape index (κ2) is 5.41. The Morgan fingerprint density at radius 2 is 2.12 bits per heavy atom. The van der Waals surface area contributed by atoms with Gasteiger partial charge >= 0.3 is 5.97 Å². The van der Waals surface area contributed by atoms with Crippen LogP contribution in [0.15, 0.2) is 6.20 Å². The lowest BCUT2D eigenvalue weighted by molar-refractivity contribution is -0.136. The van der Waals surface area contributed by atoms with Gasteiger partial charge in [-0.15, -0.1) is 11.6 Å². The Bertz CT molecular complexity index is 413. The topological polar surface area (TPSA) is 50.2 Å². The predicted molar refractivity (Wildman–Crippen MR) is 55.1 cm³/mol. The van der Waals surface area contributed by atoms with Crippen molar-refractivity contribution in [2.24, 2.45) is 0 Å². The molecule has 1 aromatic heterocycles. The average Bonchev–Trinajstić information content (AvgIpc) is 2.19. The number of alkyl halides is 3. The van der Waals surface area contributed by atoms with Gasteiger partial charge in [0.15, 0.2) is 0 Å². The molecule has 1 rings (SSSR count). The number of hydrogen-bond acceptors (Lipinski definition) is 2. The average molecular weight is 270 g/mol. The van der Waals surface area contributed by atoms with Crippen molar-refractivity contribution < 1.29 is 18.7 Å². The van der Waals surface area contributed by atoms with E-state index in [0.717, 1.165) is 6.20 Å². The summed E-state index contributed by atoms with van der Waals surface area (Å²) >= 11 is 11.2. The van der Waals surface area contributed by atoms with Gasteiger partial charge in [0.1, 0.15) is 5.15 Å². The van der Waals surface area contributed by atoms with E-state index in [9.17, 15) is 13.6 Å². The van der Waals surface area contributed by atoms with E-state index in [-0.39, 0.29) is 27.7 Å². The van der Waals surface area contributed by atoms with Crippen LogP contribution in [-0.4, -0.2) is 16.1 Å². The van der Waals surface area contributed by atoms with Gasteiger partial charge in [-0.25, -0.2) is 13.8 Å². The highest BCUT2D eigenvalue weighted by Crippen LogP contribution is 2.29. The molecule has 0 atom stereocenters. The molecule has 88 valence electrons. The van der Waals surface area contributed by atoms with E-state index in [1.54, 1.807) is 0 Å². The molecule has 0 saturated carbocycles. The Kier molecular flexibility index (Phi) is 4.44. The fraction of sp³-hybridized carbons (Fsp3) is 0.333. The van der Waals surface area contributed by atoms with Crippen LogP contribution in [0.1, 0.15) is 23.1 Å². The molecule has 0 bridgehead atoms. The Morgan fingerprint density at radius 3 is 2.56 bits per heavy atom. The summed E-state index contributed by atoms with van der Waals surface area (Å²) in [5.74, 6) is -1.41. The second-order valence-electron chi connectivity index (χ2n) is 2.97. The summed E-state index contributed by atoms with van der Waals surface area (Å²) in [5, 5.41) is 8.51. The molecular weight excluding hydrogens is 263 g/mol. The van der Waals surface area contributed by atoms with Crippen LogP contribution in [0.25, 0.3) is 0 Å². The minimum Gasteiger partial charge on any atom is -0.481 e. The number of aromatic nitrogens is 1. The smallest absolute Gasteiger partial charge is 0.307 e. The van der Waals surface area contributed by atoms with Crippen LogP contribution in [0.5, 0.6) is 0 Å². The summed E-state index contributed by atoms with van der Waals surface area (Å²) in [7, 11) is 0. The molecule has 0 aliphatic rings. The molecule has 3 nitrogen and oxygen atoms in total. The van der Waals surface area contributed by atoms with Crippen LogP contribution in [0.2, 0.25) is 5.15 Å². The molecule has 0 amide bonds. The summed E-state index contributed by atoms with van der Waals surface area (Å²) < 4.78 is 25.1. The van der Waals surface area contributed by atoms with Crippen molar-refractivity contribution in [2.45, 2.75) is 18.7 Å². The van der Waals surface area contributed by atoms with E-state index in [4.69, 9.17) is 28.3 Å². The van der Waals surface area contributed by atoms with Crippen LogP contribution in [0, 0.1) is 0 Å². The molecule has 0 aliphatic carbocycles. The fourth-order valence-electron chi connectivity index (χ4n) is 1.26. The molecule has 0 unspecified atom stereocenters. The number of aliphatic carboxylic acids is 1. The zero-order valence-corrected chi connectivity index (χ0v) is 9.40. The van der Waals surface area contributed by atoms with Gasteiger partial charge in [-0.3, -0.25) is 4.79 Å². The molecule has 0 aliphatic heterocycles. The molecular formula is C9H7Cl2F2NO2. The largest absolute Gasteiger partial charge is 0.481 e. The normalized spacial score (nSPS) is 10.8. The highest BCUT2D eigenvalue weighted by molar-refractivity contribution is 6.30. The zero-order chi connectivity index (χ0) is 12.3. The third kappa shape index (κ3) is 2.80. The van der Waals surface area contributed by atoms with Crippen LogP contribution >= 0.6 is 23.2 Å². The molecule has 7 heteroatoms. The lowest BCUT2D eigenvalue weighted by Gasteiger charge is -2.11. The molecule has 0 spiro atoms. The number of hydrogen-bond donors (Lipinski definition) is 1. The van der Waals surface area contributed by atoms with Crippen molar-refractivity contribution in [1.29, 1.82) is 0 Å². The number of carboxylic acids is 1. The molecule has 1 heterocycles. The lowest BCUT2D eigenvalue weighted by atomic mass is 10.0. The molecule has 1 aromatic rings. The van der Waals surface area contributed by atoms with Crippen molar-refractivity contribution in [3.63, 3.8) is 0 Å². The SMILES string of the molecule is O=C(O)Cc1c(Cl)ncc(C(F)F)c1CCl. The Hall–Kier alpha value is -0.940.